The number of rotatable bonds is 3. The summed E-state index contributed by atoms with van der Waals surface area (Å²) in [5.74, 6) is -1.59. The molecule has 0 amide bonds. The van der Waals surface area contributed by atoms with Gasteiger partial charge in [-0.05, 0) is 46.1 Å². The van der Waals surface area contributed by atoms with Crippen LogP contribution in [0.5, 0.6) is 0 Å². The van der Waals surface area contributed by atoms with Gasteiger partial charge in [0, 0.05) is 27.2 Å². The molecule has 0 saturated carbocycles. The third-order valence-electron chi connectivity index (χ3n) is 4.17. The standard InChI is InChI=1S/C18H9BrF11/c1-2-8-5-11(15(21,17(25,26)27)18(28,29)30)14(12(19)6-8)10-7-9(16(22,23)24)3-4-13(10)20/h3-5,7H,2H2,1H3. The topological polar surface area (TPSA) is 0 Å². The maximum Gasteiger partial charge on any atom is 0.435 e. The van der Waals surface area contributed by atoms with Crippen molar-refractivity contribution in [2.45, 2.75) is 37.5 Å². The Morgan fingerprint density at radius 3 is 1.83 bits per heavy atom. The van der Waals surface area contributed by atoms with E-state index in [1.54, 1.807) is 0 Å². The minimum absolute atomic E-state index is 0.00551. The number of benzene rings is 2. The molecule has 0 atom stereocenters. The molecule has 165 valence electrons. The first-order valence-electron chi connectivity index (χ1n) is 7.89. The molecular formula is C18H9BrF11. The molecular weight excluding hydrogens is 505 g/mol. The first-order chi connectivity index (χ1) is 13.4. The van der Waals surface area contributed by atoms with Crippen molar-refractivity contribution in [1.82, 2.24) is 0 Å². The van der Waals surface area contributed by atoms with Crippen LogP contribution in [0, 0.1) is 11.9 Å². The fourth-order valence-electron chi connectivity index (χ4n) is 2.69. The number of aryl methyl sites for hydroxylation is 1. The monoisotopic (exact) mass is 513 g/mol. The van der Waals surface area contributed by atoms with E-state index in [0.717, 1.165) is 0 Å². The number of alkyl halides is 10. The number of hydrogen-bond donors (Lipinski definition) is 0. The van der Waals surface area contributed by atoms with Gasteiger partial charge < -0.3 is 0 Å². The summed E-state index contributed by atoms with van der Waals surface area (Å²) in [6.07, 6.45) is -18.4. The fourth-order valence-corrected chi connectivity index (χ4v) is 3.37. The Kier molecular flexibility index (Phi) is 6.26. The molecule has 2 rings (SSSR count). The molecule has 0 nitrogen and oxygen atoms in total. The molecule has 2 aromatic rings. The number of hydrogen-bond acceptors (Lipinski definition) is 0. The molecule has 0 heterocycles. The molecule has 0 aliphatic carbocycles. The smallest absolute Gasteiger partial charge is 0.218 e. The van der Waals surface area contributed by atoms with Gasteiger partial charge in [0.05, 0.1) is 5.56 Å². The van der Waals surface area contributed by atoms with Gasteiger partial charge in [-0.15, -0.1) is 0 Å². The van der Waals surface area contributed by atoms with E-state index in [1.165, 1.54) is 6.92 Å². The summed E-state index contributed by atoms with van der Waals surface area (Å²) in [6.45, 7) is 1.31. The van der Waals surface area contributed by atoms with Crippen LogP contribution in [-0.4, -0.2) is 12.4 Å². The Morgan fingerprint density at radius 1 is 0.867 bits per heavy atom. The summed E-state index contributed by atoms with van der Waals surface area (Å²) in [5, 5.41) is 0. The zero-order chi connectivity index (χ0) is 23.3. The van der Waals surface area contributed by atoms with Crippen molar-refractivity contribution in [1.29, 1.82) is 0 Å². The summed E-state index contributed by atoms with van der Waals surface area (Å²) < 4.78 is 147. The Bertz CT molecular complexity index is 925. The van der Waals surface area contributed by atoms with Crippen LogP contribution >= 0.6 is 15.9 Å². The molecule has 1 radical (unpaired) electrons. The molecule has 2 aromatic carbocycles. The predicted molar refractivity (Wildman–Crippen MR) is 87.6 cm³/mol. The van der Waals surface area contributed by atoms with E-state index in [4.69, 9.17) is 0 Å². The van der Waals surface area contributed by atoms with Gasteiger partial charge in [0.1, 0.15) is 5.82 Å². The van der Waals surface area contributed by atoms with E-state index in [9.17, 15) is 48.3 Å². The lowest BCUT2D eigenvalue weighted by atomic mass is 9.85. The highest BCUT2D eigenvalue weighted by molar-refractivity contribution is 9.10. The molecule has 0 saturated heterocycles. The first kappa shape index (κ1) is 24.4. The largest absolute Gasteiger partial charge is 0.435 e. The highest BCUT2D eigenvalue weighted by atomic mass is 79.9. The average Bonchev–Trinajstić information content (AvgIpc) is 2.58. The van der Waals surface area contributed by atoms with Crippen LogP contribution in [0.2, 0.25) is 0 Å². The molecule has 0 spiro atoms. The third-order valence-corrected chi connectivity index (χ3v) is 4.77. The van der Waals surface area contributed by atoms with Crippen molar-refractivity contribution in [3.63, 3.8) is 0 Å². The average molecular weight is 514 g/mol. The van der Waals surface area contributed by atoms with Gasteiger partial charge in [0.25, 0.3) is 0 Å². The Morgan fingerprint density at radius 2 is 1.40 bits per heavy atom. The van der Waals surface area contributed by atoms with Crippen LogP contribution < -0.4 is 0 Å². The van der Waals surface area contributed by atoms with Crippen LogP contribution in [0.25, 0.3) is 11.1 Å². The summed E-state index contributed by atoms with van der Waals surface area (Å²) >= 11 is 2.61. The van der Waals surface area contributed by atoms with Crippen LogP contribution in [0.4, 0.5) is 48.3 Å². The highest BCUT2D eigenvalue weighted by Crippen LogP contribution is 2.56. The van der Waals surface area contributed by atoms with E-state index >= 15 is 0 Å². The van der Waals surface area contributed by atoms with Gasteiger partial charge in [-0.25, -0.2) is 8.78 Å². The van der Waals surface area contributed by atoms with E-state index in [-0.39, 0.29) is 36.2 Å². The van der Waals surface area contributed by atoms with Gasteiger partial charge in [-0.1, -0.05) is 13.0 Å². The van der Waals surface area contributed by atoms with Crippen molar-refractivity contribution in [2.75, 3.05) is 0 Å². The second kappa shape index (κ2) is 7.69. The van der Waals surface area contributed by atoms with E-state index < -0.39 is 56.7 Å². The maximum absolute atomic E-state index is 14.8. The normalized spacial score (nSPS) is 13.6. The highest BCUT2D eigenvalue weighted by Gasteiger charge is 2.74. The Labute approximate surface area is 170 Å². The summed E-state index contributed by atoms with van der Waals surface area (Å²) in [5.41, 5.74) is -12.6. The van der Waals surface area contributed by atoms with E-state index in [2.05, 4.69) is 22.0 Å². The van der Waals surface area contributed by atoms with Crippen molar-refractivity contribution >= 4 is 15.9 Å². The molecule has 0 aromatic heterocycles. The fraction of sp³-hybridized carbons (Fsp3) is 0.333. The van der Waals surface area contributed by atoms with E-state index in [1.807, 2.05) is 0 Å². The van der Waals surface area contributed by atoms with Crippen molar-refractivity contribution in [3.8, 4) is 11.1 Å². The second-order valence-corrected chi connectivity index (χ2v) is 6.89. The van der Waals surface area contributed by atoms with Gasteiger partial charge >= 0.3 is 24.2 Å². The van der Waals surface area contributed by atoms with Gasteiger partial charge in [0.15, 0.2) is 0 Å². The molecule has 0 aliphatic rings. The van der Waals surface area contributed by atoms with Crippen LogP contribution in [0.1, 0.15) is 23.6 Å². The molecule has 0 bridgehead atoms. The first-order valence-corrected chi connectivity index (χ1v) is 8.69. The summed E-state index contributed by atoms with van der Waals surface area (Å²) in [7, 11) is 0. The van der Waals surface area contributed by atoms with Crippen molar-refractivity contribution < 1.29 is 48.3 Å². The summed E-state index contributed by atoms with van der Waals surface area (Å²) in [4.78, 5) is 0. The molecule has 0 unspecified atom stereocenters. The number of halogens is 12. The predicted octanol–water partition coefficient (Wildman–Crippen LogP) is 7.93. The minimum atomic E-state index is -6.55. The van der Waals surface area contributed by atoms with Crippen LogP contribution in [0.3, 0.4) is 0 Å². The van der Waals surface area contributed by atoms with Crippen LogP contribution in [0.15, 0.2) is 28.7 Å². The lowest BCUT2D eigenvalue weighted by Gasteiger charge is -2.32. The molecule has 0 aliphatic heterocycles. The van der Waals surface area contributed by atoms with Gasteiger partial charge in [-0.2, -0.15) is 39.5 Å². The Balaban J connectivity index is 3.04. The second-order valence-electron chi connectivity index (χ2n) is 6.10. The SMILES string of the molecule is CCc1[c]c(Br)c(-c2cc(C(F)(F)F)ccc2F)c(C(F)(C(F)(F)F)C(F)(F)F)c1. The zero-order valence-corrected chi connectivity index (χ0v) is 16.1. The maximum atomic E-state index is 14.8. The quantitative estimate of drug-likeness (QED) is 0.365. The molecule has 30 heavy (non-hydrogen) atoms. The lowest BCUT2D eigenvalue weighted by molar-refractivity contribution is -0.348. The van der Waals surface area contributed by atoms with Crippen molar-refractivity contribution in [3.05, 3.63) is 57.3 Å². The van der Waals surface area contributed by atoms with Gasteiger partial charge in [0.2, 0.25) is 0 Å². The van der Waals surface area contributed by atoms with Crippen molar-refractivity contribution in [2.24, 2.45) is 0 Å². The molecule has 0 N–H and O–H groups in total. The summed E-state index contributed by atoms with van der Waals surface area (Å²) in [6, 6.07) is 2.92. The van der Waals surface area contributed by atoms with Crippen LogP contribution in [-0.2, 0) is 18.3 Å². The minimum Gasteiger partial charge on any atom is -0.218 e. The molecule has 12 heteroatoms. The lowest BCUT2D eigenvalue weighted by Crippen LogP contribution is -2.50. The van der Waals surface area contributed by atoms with Gasteiger partial charge in [-0.3, -0.25) is 0 Å². The molecule has 0 fully saturated rings. The third kappa shape index (κ3) is 4.15. The van der Waals surface area contributed by atoms with E-state index in [0.29, 0.717) is 0 Å². The Hall–Kier alpha value is -1.85. The zero-order valence-electron chi connectivity index (χ0n) is 14.6.